The first kappa shape index (κ1) is 10.7. The first-order valence-electron chi connectivity index (χ1n) is 5.07. The fourth-order valence-corrected chi connectivity index (χ4v) is 2.28. The minimum absolute atomic E-state index is 0.194. The topological polar surface area (TPSA) is 9.23 Å². The van der Waals surface area contributed by atoms with Crippen molar-refractivity contribution in [3.05, 3.63) is 33.8 Å². The summed E-state index contributed by atoms with van der Waals surface area (Å²) in [5.41, 5.74) is 2.85. The Kier molecular flexibility index (Phi) is 2.63. The second-order valence-electron chi connectivity index (χ2n) is 4.62. The van der Waals surface area contributed by atoms with Crippen LogP contribution >= 0.6 is 15.9 Å². The number of rotatable bonds is 1. The normalized spacial score (nSPS) is 18.0. The van der Waals surface area contributed by atoms with Gasteiger partial charge in [0.05, 0.1) is 7.11 Å². The number of hydrogen-bond donors (Lipinski definition) is 0. The van der Waals surface area contributed by atoms with E-state index in [2.05, 4.69) is 48.0 Å². The lowest BCUT2D eigenvalue weighted by Gasteiger charge is -2.30. The SMILES string of the molecule is COc1ccc2c(c1)CC(C)(C)C(Br)=C2. The fraction of sp³-hybridized carbons (Fsp3) is 0.385. The summed E-state index contributed by atoms with van der Waals surface area (Å²) in [5, 5.41) is 0. The molecule has 0 aromatic heterocycles. The molecule has 0 unspecified atom stereocenters. The standard InChI is InChI=1S/C13H15BrO/c1-13(2)8-10-6-11(15-3)5-4-9(10)7-12(13)14/h4-7H,8H2,1-3H3. The van der Waals surface area contributed by atoms with E-state index in [-0.39, 0.29) is 5.41 Å². The lowest BCUT2D eigenvalue weighted by Crippen LogP contribution is -2.19. The van der Waals surface area contributed by atoms with Crippen molar-refractivity contribution >= 4 is 22.0 Å². The van der Waals surface area contributed by atoms with Crippen LogP contribution < -0.4 is 4.74 Å². The third-order valence-corrected chi connectivity index (χ3v) is 4.21. The first-order valence-corrected chi connectivity index (χ1v) is 5.87. The Balaban J connectivity index is 2.48. The van der Waals surface area contributed by atoms with Gasteiger partial charge in [-0.2, -0.15) is 0 Å². The summed E-state index contributed by atoms with van der Waals surface area (Å²) >= 11 is 3.65. The molecule has 0 fully saturated rings. The van der Waals surface area contributed by atoms with Crippen LogP contribution in [0.1, 0.15) is 25.0 Å². The van der Waals surface area contributed by atoms with Crippen molar-refractivity contribution in [2.75, 3.05) is 7.11 Å². The predicted octanol–water partition coefficient (Wildman–Crippen LogP) is 4.01. The Morgan fingerprint density at radius 2 is 2.07 bits per heavy atom. The molecule has 2 heteroatoms. The Morgan fingerprint density at radius 1 is 1.33 bits per heavy atom. The Labute approximate surface area is 99.3 Å². The molecule has 0 saturated heterocycles. The van der Waals surface area contributed by atoms with Gasteiger partial charge >= 0.3 is 0 Å². The van der Waals surface area contributed by atoms with Crippen LogP contribution in [0.2, 0.25) is 0 Å². The average molecular weight is 267 g/mol. The van der Waals surface area contributed by atoms with E-state index in [4.69, 9.17) is 4.74 Å². The van der Waals surface area contributed by atoms with Gasteiger partial charge in [-0.1, -0.05) is 35.8 Å². The Morgan fingerprint density at radius 3 is 2.73 bits per heavy atom. The van der Waals surface area contributed by atoms with Crippen molar-refractivity contribution in [3.63, 3.8) is 0 Å². The summed E-state index contributed by atoms with van der Waals surface area (Å²) in [7, 11) is 1.71. The number of fused-ring (bicyclic) bond motifs is 1. The zero-order valence-corrected chi connectivity index (χ0v) is 10.9. The molecule has 1 aliphatic carbocycles. The van der Waals surface area contributed by atoms with Crippen molar-refractivity contribution in [1.82, 2.24) is 0 Å². The van der Waals surface area contributed by atoms with Gasteiger partial charge in [-0.05, 0) is 35.8 Å². The molecule has 1 aromatic rings. The van der Waals surface area contributed by atoms with Gasteiger partial charge in [0.25, 0.3) is 0 Å². The molecule has 0 radical (unpaired) electrons. The monoisotopic (exact) mass is 266 g/mol. The van der Waals surface area contributed by atoms with E-state index in [1.165, 1.54) is 15.6 Å². The van der Waals surface area contributed by atoms with Crippen LogP contribution in [-0.4, -0.2) is 7.11 Å². The number of benzene rings is 1. The first-order chi connectivity index (χ1) is 7.03. The highest BCUT2D eigenvalue weighted by atomic mass is 79.9. The van der Waals surface area contributed by atoms with E-state index in [1.54, 1.807) is 7.11 Å². The number of ether oxygens (including phenoxy) is 1. The number of halogens is 1. The molecule has 1 nitrogen and oxygen atoms in total. The summed E-state index contributed by atoms with van der Waals surface area (Å²) in [6.07, 6.45) is 3.26. The number of allylic oxidation sites excluding steroid dienone is 1. The van der Waals surface area contributed by atoms with Gasteiger partial charge in [0.2, 0.25) is 0 Å². The van der Waals surface area contributed by atoms with E-state index < -0.39 is 0 Å². The highest BCUT2D eigenvalue weighted by molar-refractivity contribution is 9.11. The van der Waals surface area contributed by atoms with Crippen LogP contribution in [0.25, 0.3) is 6.08 Å². The molecule has 0 atom stereocenters. The lowest BCUT2D eigenvalue weighted by molar-refractivity contribution is 0.412. The summed E-state index contributed by atoms with van der Waals surface area (Å²) in [5.74, 6) is 0.941. The van der Waals surface area contributed by atoms with Crippen LogP contribution in [-0.2, 0) is 6.42 Å². The summed E-state index contributed by atoms with van der Waals surface area (Å²) in [6, 6.07) is 6.26. The van der Waals surface area contributed by atoms with Crippen molar-refractivity contribution in [2.45, 2.75) is 20.3 Å². The molecule has 1 aromatic carbocycles. The molecule has 0 heterocycles. The minimum atomic E-state index is 0.194. The maximum Gasteiger partial charge on any atom is 0.119 e. The molecular weight excluding hydrogens is 252 g/mol. The molecule has 0 aliphatic heterocycles. The third-order valence-electron chi connectivity index (χ3n) is 2.91. The summed E-state index contributed by atoms with van der Waals surface area (Å²) < 4.78 is 6.51. The van der Waals surface area contributed by atoms with Gasteiger partial charge in [0.15, 0.2) is 0 Å². The molecular formula is C13H15BrO. The van der Waals surface area contributed by atoms with Crippen molar-refractivity contribution in [1.29, 1.82) is 0 Å². The maximum atomic E-state index is 5.24. The van der Waals surface area contributed by atoms with E-state index in [9.17, 15) is 0 Å². The Hall–Kier alpha value is -0.760. The predicted molar refractivity (Wildman–Crippen MR) is 67.4 cm³/mol. The fourth-order valence-electron chi connectivity index (χ4n) is 1.90. The average Bonchev–Trinajstić information content (AvgIpc) is 2.18. The molecule has 2 rings (SSSR count). The zero-order chi connectivity index (χ0) is 11.1. The summed E-state index contributed by atoms with van der Waals surface area (Å²) in [6.45, 7) is 4.49. The van der Waals surface area contributed by atoms with Gasteiger partial charge in [-0.15, -0.1) is 0 Å². The van der Waals surface area contributed by atoms with Gasteiger partial charge in [0.1, 0.15) is 5.75 Å². The molecule has 0 bridgehead atoms. The molecule has 0 N–H and O–H groups in total. The maximum absolute atomic E-state index is 5.24. The third kappa shape index (κ3) is 1.96. The van der Waals surface area contributed by atoms with Gasteiger partial charge in [-0.25, -0.2) is 0 Å². The smallest absolute Gasteiger partial charge is 0.119 e. The van der Waals surface area contributed by atoms with Crippen molar-refractivity contribution in [3.8, 4) is 5.75 Å². The van der Waals surface area contributed by atoms with Crippen LogP contribution in [0.5, 0.6) is 5.75 Å². The van der Waals surface area contributed by atoms with Gasteiger partial charge in [0, 0.05) is 9.90 Å². The highest BCUT2D eigenvalue weighted by Crippen LogP contribution is 2.41. The molecule has 15 heavy (non-hydrogen) atoms. The van der Waals surface area contributed by atoms with E-state index >= 15 is 0 Å². The molecule has 0 spiro atoms. The minimum Gasteiger partial charge on any atom is -0.497 e. The highest BCUT2D eigenvalue weighted by Gasteiger charge is 2.27. The van der Waals surface area contributed by atoms with E-state index in [0.29, 0.717) is 0 Å². The largest absolute Gasteiger partial charge is 0.497 e. The molecule has 0 amide bonds. The van der Waals surface area contributed by atoms with Crippen LogP contribution in [0.3, 0.4) is 0 Å². The number of hydrogen-bond acceptors (Lipinski definition) is 1. The summed E-state index contributed by atoms with van der Waals surface area (Å²) in [4.78, 5) is 0. The molecule has 1 aliphatic rings. The van der Waals surface area contributed by atoms with Crippen molar-refractivity contribution < 1.29 is 4.74 Å². The van der Waals surface area contributed by atoms with Gasteiger partial charge in [-0.3, -0.25) is 0 Å². The zero-order valence-electron chi connectivity index (χ0n) is 9.30. The quantitative estimate of drug-likeness (QED) is 0.746. The van der Waals surface area contributed by atoms with Crippen LogP contribution in [0, 0.1) is 5.41 Å². The lowest BCUT2D eigenvalue weighted by atomic mass is 9.79. The molecule has 0 saturated carbocycles. The Bertz CT molecular complexity index is 419. The molecule has 80 valence electrons. The number of methoxy groups -OCH3 is 1. The second kappa shape index (κ2) is 3.67. The van der Waals surface area contributed by atoms with Crippen molar-refractivity contribution in [2.24, 2.45) is 5.41 Å². The van der Waals surface area contributed by atoms with Crippen LogP contribution in [0.15, 0.2) is 22.7 Å². The van der Waals surface area contributed by atoms with E-state index in [1.807, 2.05) is 6.07 Å². The van der Waals surface area contributed by atoms with Crippen LogP contribution in [0.4, 0.5) is 0 Å². The second-order valence-corrected chi connectivity index (χ2v) is 5.47. The van der Waals surface area contributed by atoms with E-state index in [0.717, 1.165) is 12.2 Å². The van der Waals surface area contributed by atoms with Gasteiger partial charge < -0.3 is 4.74 Å².